The molecule has 1 rings (SSSR count). The number of rotatable bonds is 4. The molecule has 1 heterocycles. The minimum atomic E-state index is -0.438. The second-order valence-corrected chi connectivity index (χ2v) is 4.11. The van der Waals surface area contributed by atoms with Crippen molar-refractivity contribution in [2.24, 2.45) is 5.92 Å². The second kappa shape index (κ2) is 3.98. The van der Waals surface area contributed by atoms with Gasteiger partial charge in [0.1, 0.15) is 5.84 Å². The number of hydrogen-bond acceptors (Lipinski definition) is 2. The Hall–Kier alpha value is -1.06. The molecular weight excluding hydrogens is 178 g/mol. The van der Waals surface area contributed by atoms with Crippen LogP contribution in [-0.2, 0) is 0 Å². The first-order chi connectivity index (χ1) is 6.54. The average molecular weight is 197 g/mol. The highest BCUT2D eigenvalue weighted by Gasteiger charge is 2.41. The summed E-state index contributed by atoms with van der Waals surface area (Å²) in [6.45, 7) is 6.28. The number of carbonyl (C=O) groups is 1. The lowest BCUT2D eigenvalue weighted by molar-refractivity contribution is 0.240. The minimum Gasteiger partial charge on any atom is -0.325 e. The third kappa shape index (κ3) is 1.89. The van der Waals surface area contributed by atoms with Crippen molar-refractivity contribution in [2.75, 3.05) is 0 Å². The van der Waals surface area contributed by atoms with Crippen LogP contribution in [0.25, 0.3) is 0 Å². The Labute approximate surface area is 85.0 Å². The Morgan fingerprint density at radius 1 is 1.50 bits per heavy atom. The maximum absolute atomic E-state index is 11.1. The van der Waals surface area contributed by atoms with Crippen LogP contribution in [-0.4, -0.2) is 17.4 Å². The van der Waals surface area contributed by atoms with Gasteiger partial charge in [0.25, 0.3) is 0 Å². The molecule has 0 spiro atoms. The van der Waals surface area contributed by atoms with Gasteiger partial charge in [-0.3, -0.25) is 10.7 Å². The van der Waals surface area contributed by atoms with Gasteiger partial charge in [0.2, 0.25) is 0 Å². The highest BCUT2D eigenvalue weighted by molar-refractivity contribution is 6.08. The van der Waals surface area contributed by atoms with E-state index in [1.807, 2.05) is 6.92 Å². The van der Waals surface area contributed by atoms with Crippen molar-refractivity contribution in [3.63, 3.8) is 0 Å². The zero-order chi connectivity index (χ0) is 10.8. The number of amides is 2. The van der Waals surface area contributed by atoms with Crippen LogP contribution in [0.4, 0.5) is 4.79 Å². The van der Waals surface area contributed by atoms with Crippen LogP contribution in [0.5, 0.6) is 0 Å². The fraction of sp³-hybridized carbons (Fsp3) is 0.800. The molecule has 1 aliphatic heterocycles. The Morgan fingerprint density at radius 3 is 2.50 bits per heavy atom. The minimum absolute atomic E-state index is 0.236. The SMILES string of the molecule is CCC(C)CC1(CC)NC(=O)NC1=N. The molecule has 2 atom stereocenters. The van der Waals surface area contributed by atoms with Gasteiger partial charge in [0.05, 0.1) is 5.54 Å². The fourth-order valence-electron chi connectivity index (χ4n) is 1.85. The molecule has 3 N–H and O–H groups in total. The molecule has 0 aliphatic carbocycles. The number of nitrogens with one attached hydrogen (secondary N) is 3. The first-order valence-corrected chi connectivity index (χ1v) is 5.22. The number of amidine groups is 1. The molecule has 0 aromatic carbocycles. The standard InChI is InChI=1S/C10H19N3O/c1-4-7(3)6-10(5-2)8(11)12-9(14)13-10/h7H,4-6H2,1-3H3,(H3,11,12,13,14). The van der Waals surface area contributed by atoms with Crippen LogP contribution in [0.15, 0.2) is 0 Å². The van der Waals surface area contributed by atoms with Crippen molar-refractivity contribution >= 4 is 11.9 Å². The molecule has 0 radical (unpaired) electrons. The molecule has 1 aliphatic rings. The Kier molecular flexibility index (Phi) is 3.13. The van der Waals surface area contributed by atoms with E-state index in [-0.39, 0.29) is 6.03 Å². The fourth-order valence-corrected chi connectivity index (χ4v) is 1.85. The number of carbonyl (C=O) groups excluding carboxylic acids is 1. The van der Waals surface area contributed by atoms with E-state index in [4.69, 9.17) is 5.41 Å². The third-order valence-electron chi connectivity index (χ3n) is 3.07. The van der Waals surface area contributed by atoms with Crippen molar-refractivity contribution < 1.29 is 4.79 Å². The number of hydrogen-bond donors (Lipinski definition) is 3. The van der Waals surface area contributed by atoms with E-state index in [9.17, 15) is 4.79 Å². The molecule has 80 valence electrons. The van der Waals surface area contributed by atoms with Crippen LogP contribution >= 0.6 is 0 Å². The molecule has 1 fully saturated rings. The van der Waals surface area contributed by atoms with E-state index in [2.05, 4.69) is 24.5 Å². The molecule has 4 nitrogen and oxygen atoms in total. The zero-order valence-electron chi connectivity index (χ0n) is 9.11. The van der Waals surface area contributed by atoms with Gasteiger partial charge < -0.3 is 5.32 Å². The topological polar surface area (TPSA) is 65.0 Å². The van der Waals surface area contributed by atoms with Crippen LogP contribution in [0.1, 0.15) is 40.0 Å². The molecule has 0 aromatic rings. The second-order valence-electron chi connectivity index (χ2n) is 4.11. The summed E-state index contributed by atoms with van der Waals surface area (Å²) in [6.07, 6.45) is 2.69. The highest BCUT2D eigenvalue weighted by Crippen LogP contribution is 2.25. The lowest BCUT2D eigenvalue weighted by Crippen LogP contribution is -2.47. The molecule has 1 saturated heterocycles. The van der Waals surface area contributed by atoms with E-state index in [1.54, 1.807) is 0 Å². The van der Waals surface area contributed by atoms with Crippen molar-refractivity contribution in [1.82, 2.24) is 10.6 Å². The van der Waals surface area contributed by atoms with Gasteiger partial charge in [-0.15, -0.1) is 0 Å². The summed E-state index contributed by atoms with van der Waals surface area (Å²) in [5.41, 5.74) is -0.438. The largest absolute Gasteiger partial charge is 0.325 e. The highest BCUT2D eigenvalue weighted by atomic mass is 16.2. The lowest BCUT2D eigenvalue weighted by atomic mass is 9.84. The van der Waals surface area contributed by atoms with E-state index in [0.29, 0.717) is 11.8 Å². The maximum atomic E-state index is 11.1. The summed E-state index contributed by atoms with van der Waals surface area (Å²) in [5.74, 6) is 0.848. The van der Waals surface area contributed by atoms with Gasteiger partial charge in [0.15, 0.2) is 0 Å². The summed E-state index contributed by atoms with van der Waals surface area (Å²) >= 11 is 0. The van der Waals surface area contributed by atoms with Crippen LogP contribution in [0.2, 0.25) is 0 Å². The van der Waals surface area contributed by atoms with Crippen LogP contribution in [0.3, 0.4) is 0 Å². The van der Waals surface area contributed by atoms with Crippen molar-refractivity contribution in [2.45, 2.75) is 45.6 Å². The molecular formula is C10H19N3O. The molecule has 0 aromatic heterocycles. The Morgan fingerprint density at radius 2 is 2.14 bits per heavy atom. The van der Waals surface area contributed by atoms with Gasteiger partial charge >= 0.3 is 6.03 Å². The molecule has 0 bridgehead atoms. The van der Waals surface area contributed by atoms with Gasteiger partial charge in [0, 0.05) is 0 Å². The summed E-state index contributed by atoms with van der Waals surface area (Å²) in [5, 5.41) is 13.1. The monoisotopic (exact) mass is 197 g/mol. The molecule has 4 heteroatoms. The quantitative estimate of drug-likeness (QED) is 0.632. The van der Waals surface area contributed by atoms with E-state index < -0.39 is 5.54 Å². The lowest BCUT2D eigenvalue weighted by Gasteiger charge is -2.29. The smallest absolute Gasteiger partial charge is 0.321 e. The first kappa shape index (κ1) is 11.0. The van der Waals surface area contributed by atoms with Gasteiger partial charge in [-0.25, -0.2) is 4.79 Å². The van der Waals surface area contributed by atoms with Crippen molar-refractivity contribution in [3.8, 4) is 0 Å². The Balaban J connectivity index is 2.76. The maximum Gasteiger partial charge on any atom is 0.321 e. The molecule has 0 saturated carbocycles. The molecule has 2 amide bonds. The predicted molar refractivity (Wildman–Crippen MR) is 56.5 cm³/mol. The number of urea groups is 1. The first-order valence-electron chi connectivity index (χ1n) is 5.22. The van der Waals surface area contributed by atoms with Gasteiger partial charge in [-0.05, 0) is 18.8 Å². The van der Waals surface area contributed by atoms with Gasteiger partial charge in [-0.2, -0.15) is 0 Å². The summed E-state index contributed by atoms with van der Waals surface area (Å²) < 4.78 is 0. The Bertz CT molecular complexity index is 252. The van der Waals surface area contributed by atoms with E-state index >= 15 is 0 Å². The van der Waals surface area contributed by atoms with Crippen molar-refractivity contribution in [1.29, 1.82) is 5.41 Å². The van der Waals surface area contributed by atoms with Crippen LogP contribution < -0.4 is 10.6 Å². The normalized spacial score (nSPS) is 28.5. The van der Waals surface area contributed by atoms with Crippen LogP contribution in [0, 0.1) is 11.3 Å². The molecule has 14 heavy (non-hydrogen) atoms. The van der Waals surface area contributed by atoms with Crippen molar-refractivity contribution in [3.05, 3.63) is 0 Å². The van der Waals surface area contributed by atoms with E-state index in [1.165, 1.54) is 0 Å². The summed E-state index contributed by atoms with van der Waals surface area (Å²) in [6, 6.07) is -0.236. The third-order valence-corrected chi connectivity index (χ3v) is 3.07. The average Bonchev–Trinajstić information content (AvgIpc) is 2.42. The van der Waals surface area contributed by atoms with E-state index in [0.717, 1.165) is 19.3 Å². The summed E-state index contributed by atoms with van der Waals surface area (Å²) in [7, 11) is 0. The zero-order valence-corrected chi connectivity index (χ0v) is 9.11. The van der Waals surface area contributed by atoms with Gasteiger partial charge in [-0.1, -0.05) is 27.2 Å². The predicted octanol–water partition coefficient (Wildman–Crippen LogP) is 1.86. The summed E-state index contributed by atoms with van der Waals surface area (Å²) in [4.78, 5) is 11.1. The molecule has 2 unspecified atom stereocenters.